The number of carbonyl (C=O) groups excluding carboxylic acids is 1. The third-order valence-corrected chi connectivity index (χ3v) is 3.63. The molecule has 4 nitrogen and oxygen atoms in total. The van der Waals surface area contributed by atoms with Crippen LogP contribution in [0.5, 0.6) is 0 Å². The van der Waals surface area contributed by atoms with Gasteiger partial charge in [-0.1, -0.05) is 12.5 Å². The summed E-state index contributed by atoms with van der Waals surface area (Å²) in [4.78, 5) is 16.3. The maximum absolute atomic E-state index is 12.0. The lowest BCUT2D eigenvalue weighted by atomic mass is 9.85. The smallest absolute Gasteiger partial charge is 0.223 e. The van der Waals surface area contributed by atoms with E-state index in [2.05, 4.69) is 10.3 Å². The Labute approximate surface area is 132 Å². The minimum absolute atomic E-state index is 0. The van der Waals surface area contributed by atoms with Crippen molar-refractivity contribution in [3.05, 3.63) is 29.6 Å². The van der Waals surface area contributed by atoms with E-state index < -0.39 is 0 Å². The van der Waals surface area contributed by atoms with Crippen LogP contribution in [0.2, 0.25) is 0 Å². The van der Waals surface area contributed by atoms with E-state index in [-0.39, 0.29) is 42.7 Å². The largest absolute Gasteiger partial charge is 0.350 e. The van der Waals surface area contributed by atoms with E-state index in [9.17, 15) is 4.79 Å². The van der Waals surface area contributed by atoms with Crippen LogP contribution in [0.25, 0.3) is 0 Å². The standard InChI is InChI=1S/C14H21N3O.2ClH/c1-10-4-3-7-16-13(10)9-17-14(18)11-5-2-6-12(15)8-11;;/h3-4,7,11-12H,2,5-6,8-9,15H2,1H3,(H,17,18);2*1H. The van der Waals surface area contributed by atoms with Gasteiger partial charge in [0.25, 0.3) is 0 Å². The molecule has 1 aliphatic rings. The van der Waals surface area contributed by atoms with Crippen LogP contribution in [-0.4, -0.2) is 16.9 Å². The van der Waals surface area contributed by atoms with Crippen LogP contribution in [0.3, 0.4) is 0 Å². The highest BCUT2D eigenvalue weighted by atomic mass is 35.5. The zero-order valence-electron chi connectivity index (χ0n) is 11.7. The maximum atomic E-state index is 12.0. The summed E-state index contributed by atoms with van der Waals surface area (Å²) >= 11 is 0. The molecule has 0 spiro atoms. The molecule has 1 heterocycles. The van der Waals surface area contributed by atoms with Crippen molar-refractivity contribution in [3.63, 3.8) is 0 Å². The lowest BCUT2D eigenvalue weighted by molar-refractivity contribution is -0.126. The molecule has 1 amide bonds. The van der Waals surface area contributed by atoms with Gasteiger partial charge in [0.2, 0.25) is 5.91 Å². The first-order chi connectivity index (χ1) is 8.66. The van der Waals surface area contributed by atoms with Gasteiger partial charge in [0.05, 0.1) is 12.2 Å². The number of aryl methyl sites for hydroxylation is 1. The van der Waals surface area contributed by atoms with Gasteiger partial charge in [-0.15, -0.1) is 24.8 Å². The zero-order valence-corrected chi connectivity index (χ0v) is 13.3. The Morgan fingerprint density at radius 2 is 2.20 bits per heavy atom. The molecule has 20 heavy (non-hydrogen) atoms. The van der Waals surface area contributed by atoms with Crippen molar-refractivity contribution in [3.8, 4) is 0 Å². The number of nitrogens with one attached hydrogen (secondary N) is 1. The van der Waals surface area contributed by atoms with E-state index in [1.165, 1.54) is 0 Å². The molecule has 0 bridgehead atoms. The SMILES string of the molecule is Cc1cccnc1CNC(=O)C1CCCC(N)C1.Cl.Cl. The van der Waals surface area contributed by atoms with Crippen LogP contribution >= 0.6 is 24.8 Å². The van der Waals surface area contributed by atoms with Crippen LogP contribution in [0, 0.1) is 12.8 Å². The second-order valence-corrected chi connectivity index (χ2v) is 5.11. The molecule has 2 rings (SSSR count). The van der Waals surface area contributed by atoms with Crippen molar-refractivity contribution >= 4 is 30.7 Å². The number of pyridine rings is 1. The fraction of sp³-hybridized carbons (Fsp3) is 0.571. The summed E-state index contributed by atoms with van der Waals surface area (Å²) in [7, 11) is 0. The number of hydrogen-bond acceptors (Lipinski definition) is 3. The molecule has 0 saturated heterocycles. The molecule has 114 valence electrons. The number of nitrogens with two attached hydrogens (primary N) is 1. The number of hydrogen-bond donors (Lipinski definition) is 2. The Hall–Kier alpha value is -0.840. The second-order valence-electron chi connectivity index (χ2n) is 5.11. The number of aromatic nitrogens is 1. The average Bonchev–Trinajstić information content (AvgIpc) is 2.37. The normalized spacial score (nSPS) is 21.3. The average molecular weight is 320 g/mol. The summed E-state index contributed by atoms with van der Waals surface area (Å²) in [5.74, 6) is 0.202. The Balaban J connectivity index is 0.00000180. The highest BCUT2D eigenvalue weighted by Crippen LogP contribution is 2.23. The molecule has 0 radical (unpaired) electrons. The number of carbonyl (C=O) groups is 1. The van der Waals surface area contributed by atoms with Crippen molar-refractivity contribution in [1.29, 1.82) is 0 Å². The third-order valence-electron chi connectivity index (χ3n) is 3.63. The Kier molecular flexibility index (Phi) is 8.78. The van der Waals surface area contributed by atoms with Gasteiger partial charge in [-0.25, -0.2) is 0 Å². The Morgan fingerprint density at radius 3 is 2.85 bits per heavy atom. The van der Waals surface area contributed by atoms with Gasteiger partial charge in [-0.3, -0.25) is 9.78 Å². The van der Waals surface area contributed by atoms with E-state index in [1.54, 1.807) is 6.20 Å². The highest BCUT2D eigenvalue weighted by molar-refractivity contribution is 5.85. The van der Waals surface area contributed by atoms with E-state index >= 15 is 0 Å². The van der Waals surface area contributed by atoms with Crippen LogP contribution in [0.1, 0.15) is 36.9 Å². The van der Waals surface area contributed by atoms with Gasteiger partial charge in [0.1, 0.15) is 0 Å². The number of amides is 1. The molecule has 1 saturated carbocycles. The fourth-order valence-electron chi connectivity index (χ4n) is 2.48. The van der Waals surface area contributed by atoms with Crippen LogP contribution < -0.4 is 11.1 Å². The van der Waals surface area contributed by atoms with E-state index in [0.717, 1.165) is 36.9 Å². The highest BCUT2D eigenvalue weighted by Gasteiger charge is 2.25. The molecule has 1 fully saturated rings. The van der Waals surface area contributed by atoms with Crippen molar-refractivity contribution in [2.75, 3.05) is 0 Å². The van der Waals surface area contributed by atoms with Crippen LogP contribution in [-0.2, 0) is 11.3 Å². The molecule has 3 N–H and O–H groups in total. The van der Waals surface area contributed by atoms with Crippen molar-refractivity contribution in [2.45, 2.75) is 45.2 Å². The van der Waals surface area contributed by atoms with Crippen molar-refractivity contribution in [2.24, 2.45) is 11.7 Å². The van der Waals surface area contributed by atoms with Crippen LogP contribution in [0.15, 0.2) is 18.3 Å². The van der Waals surface area contributed by atoms with Crippen LogP contribution in [0.4, 0.5) is 0 Å². The fourth-order valence-corrected chi connectivity index (χ4v) is 2.48. The molecule has 1 aromatic rings. The molecule has 0 aliphatic heterocycles. The molecule has 1 aromatic heterocycles. The maximum Gasteiger partial charge on any atom is 0.223 e. The topological polar surface area (TPSA) is 68.0 Å². The minimum Gasteiger partial charge on any atom is -0.350 e. The molecular formula is C14H23Cl2N3O. The molecule has 1 aliphatic carbocycles. The predicted octanol–water partition coefficient (Wildman–Crippen LogP) is 2.37. The predicted molar refractivity (Wildman–Crippen MR) is 85.3 cm³/mol. The van der Waals surface area contributed by atoms with Gasteiger partial charge in [0.15, 0.2) is 0 Å². The van der Waals surface area contributed by atoms with Gasteiger partial charge < -0.3 is 11.1 Å². The van der Waals surface area contributed by atoms with Crippen molar-refractivity contribution in [1.82, 2.24) is 10.3 Å². The first kappa shape index (κ1) is 19.2. The third kappa shape index (κ3) is 5.27. The lowest BCUT2D eigenvalue weighted by Gasteiger charge is -2.25. The van der Waals surface area contributed by atoms with E-state index in [1.807, 2.05) is 19.1 Å². The molecule has 2 unspecified atom stereocenters. The second kappa shape index (κ2) is 9.16. The first-order valence-corrected chi connectivity index (χ1v) is 6.60. The number of nitrogens with zero attached hydrogens (tertiary/aromatic N) is 1. The number of rotatable bonds is 3. The minimum atomic E-state index is 0. The summed E-state index contributed by atoms with van der Waals surface area (Å²) in [6.07, 6.45) is 5.63. The summed E-state index contributed by atoms with van der Waals surface area (Å²) < 4.78 is 0. The summed E-state index contributed by atoms with van der Waals surface area (Å²) in [5.41, 5.74) is 7.95. The van der Waals surface area contributed by atoms with Crippen molar-refractivity contribution < 1.29 is 4.79 Å². The molecule has 6 heteroatoms. The van der Waals surface area contributed by atoms with Gasteiger partial charge >= 0.3 is 0 Å². The van der Waals surface area contributed by atoms with Gasteiger partial charge in [0, 0.05) is 18.2 Å². The van der Waals surface area contributed by atoms with E-state index in [0.29, 0.717) is 6.54 Å². The summed E-state index contributed by atoms with van der Waals surface area (Å²) in [5, 5.41) is 2.97. The summed E-state index contributed by atoms with van der Waals surface area (Å²) in [6, 6.07) is 4.09. The molecular weight excluding hydrogens is 297 g/mol. The monoisotopic (exact) mass is 319 g/mol. The summed E-state index contributed by atoms with van der Waals surface area (Å²) in [6.45, 7) is 2.52. The van der Waals surface area contributed by atoms with Gasteiger partial charge in [-0.05, 0) is 37.8 Å². The quantitative estimate of drug-likeness (QED) is 0.898. The van der Waals surface area contributed by atoms with Gasteiger partial charge in [-0.2, -0.15) is 0 Å². The number of halogens is 2. The Morgan fingerprint density at radius 1 is 1.45 bits per heavy atom. The molecule has 2 atom stereocenters. The Bertz CT molecular complexity index is 429. The zero-order chi connectivity index (χ0) is 13.0. The lowest BCUT2D eigenvalue weighted by Crippen LogP contribution is -2.37. The first-order valence-electron chi connectivity index (χ1n) is 6.60. The molecule has 0 aromatic carbocycles. The van der Waals surface area contributed by atoms with E-state index in [4.69, 9.17) is 5.73 Å².